The van der Waals surface area contributed by atoms with Gasteiger partial charge in [-0.3, -0.25) is 0 Å². The number of rotatable bonds is 6. The van der Waals surface area contributed by atoms with E-state index >= 15 is 0 Å². The van der Waals surface area contributed by atoms with Gasteiger partial charge in [0, 0.05) is 24.6 Å². The maximum absolute atomic E-state index is 8.68. The molecule has 1 aromatic heterocycles. The summed E-state index contributed by atoms with van der Waals surface area (Å²) in [7, 11) is 0. The molecular formula is C13H21NO2. The molecule has 1 heterocycles. The Labute approximate surface area is 96.8 Å². The normalized spacial score (nSPS) is 19.7. The van der Waals surface area contributed by atoms with Crippen molar-refractivity contribution in [1.82, 2.24) is 5.32 Å². The average molecular weight is 223 g/mol. The fourth-order valence-corrected chi connectivity index (χ4v) is 2.39. The molecule has 16 heavy (non-hydrogen) atoms. The second kappa shape index (κ2) is 6.06. The van der Waals surface area contributed by atoms with Gasteiger partial charge in [-0.15, -0.1) is 0 Å². The minimum atomic E-state index is 0.315. The summed E-state index contributed by atoms with van der Waals surface area (Å²) in [5, 5.41) is 12.3. The fourth-order valence-electron chi connectivity index (χ4n) is 2.39. The lowest BCUT2D eigenvalue weighted by Gasteiger charge is -2.22. The highest BCUT2D eigenvalue weighted by Gasteiger charge is 2.21. The summed E-state index contributed by atoms with van der Waals surface area (Å²) in [5.74, 6) is 1.17. The van der Waals surface area contributed by atoms with Crippen LogP contribution >= 0.6 is 0 Å². The van der Waals surface area contributed by atoms with E-state index < -0.39 is 0 Å². The number of unbranched alkanes of at least 4 members (excludes halogenated alkanes) is 2. The van der Waals surface area contributed by atoms with Crippen molar-refractivity contribution in [2.45, 2.75) is 44.6 Å². The van der Waals surface area contributed by atoms with Crippen molar-refractivity contribution in [3.8, 4) is 0 Å². The topological polar surface area (TPSA) is 45.4 Å². The number of nitrogens with one attached hydrogen (secondary N) is 1. The van der Waals surface area contributed by atoms with Crippen LogP contribution < -0.4 is 5.32 Å². The Morgan fingerprint density at radius 1 is 1.38 bits per heavy atom. The number of furan rings is 1. The molecule has 1 atom stereocenters. The minimum absolute atomic E-state index is 0.315. The lowest BCUT2D eigenvalue weighted by molar-refractivity contribution is 0.282. The first-order chi connectivity index (χ1) is 7.92. The lowest BCUT2D eigenvalue weighted by Crippen LogP contribution is -2.25. The molecule has 90 valence electrons. The number of fused-ring (bicyclic) bond motifs is 1. The molecule has 0 saturated carbocycles. The van der Waals surface area contributed by atoms with E-state index in [-0.39, 0.29) is 0 Å². The summed E-state index contributed by atoms with van der Waals surface area (Å²) >= 11 is 0. The summed E-state index contributed by atoms with van der Waals surface area (Å²) in [6.07, 6.45) is 8.49. The Morgan fingerprint density at radius 2 is 2.31 bits per heavy atom. The monoisotopic (exact) mass is 223 g/mol. The number of hydrogen-bond acceptors (Lipinski definition) is 3. The Morgan fingerprint density at radius 3 is 3.19 bits per heavy atom. The average Bonchev–Trinajstić information content (AvgIpc) is 2.77. The van der Waals surface area contributed by atoms with E-state index in [4.69, 9.17) is 9.52 Å². The summed E-state index contributed by atoms with van der Waals surface area (Å²) in [6, 6.07) is 2.58. The van der Waals surface area contributed by atoms with Crippen LogP contribution in [0.4, 0.5) is 0 Å². The highest BCUT2D eigenvalue weighted by atomic mass is 16.3. The van der Waals surface area contributed by atoms with Crippen LogP contribution in [0.3, 0.4) is 0 Å². The zero-order valence-corrected chi connectivity index (χ0v) is 9.74. The Balaban J connectivity index is 1.75. The Hall–Kier alpha value is -0.800. The molecule has 0 spiro atoms. The van der Waals surface area contributed by atoms with Crippen LogP contribution in [0.2, 0.25) is 0 Å². The molecule has 1 unspecified atom stereocenters. The maximum atomic E-state index is 8.68. The second-order valence-electron chi connectivity index (χ2n) is 4.48. The molecule has 2 rings (SSSR count). The molecule has 0 amide bonds. The molecule has 0 fully saturated rings. The molecule has 3 nitrogen and oxygen atoms in total. The molecule has 0 radical (unpaired) electrons. The fraction of sp³-hybridized carbons (Fsp3) is 0.692. The number of aliphatic hydroxyl groups excluding tert-OH is 1. The van der Waals surface area contributed by atoms with Crippen molar-refractivity contribution in [3.63, 3.8) is 0 Å². The molecule has 0 aliphatic heterocycles. The van der Waals surface area contributed by atoms with Crippen molar-refractivity contribution in [1.29, 1.82) is 0 Å². The van der Waals surface area contributed by atoms with Crippen molar-refractivity contribution in [2.24, 2.45) is 0 Å². The molecule has 0 saturated heterocycles. The van der Waals surface area contributed by atoms with E-state index in [0.29, 0.717) is 12.6 Å². The standard InChI is InChI=1S/C13H21NO2/c15-9-3-1-2-8-14-12-5-4-6-13-11(12)7-10-16-13/h7,10,12,14-15H,1-6,8-9H2. The summed E-state index contributed by atoms with van der Waals surface area (Å²) in [6.45, 7) is 1.35. The van der Waals surface area contributed by atoms with Crippen molar-refractivity contribution >= 4 is 0 Å². The first kappa shape index (κ1) is 11.7. The zero-order valence-electron chi connectivity index (χ0n) is 9.74. The lowest BCUT2D eigenvalue weighted by atomic mass is 9.93. The predicted octanol–water partition coefficient (Wildman–Crippen LogP) is 2.41. The summed E-state index contributed by atoms with van der Waals surface area (Å²) in [5.41, 5.74) is 1.36. The third-order valence-electron chi connectivity index (χ3n) is 3.28. The number of aryl methyl sites for hydroxylation is 1. The molecule has 1 aromatic rings. The van der Waals surface area contributed by atoms with Gasteiger partial charge in [0.1, 0.15) is 5.76 Å². The highest BCUT2D eigenvalue weighted by Crippen LogP contribution is 2.30. The van der Waals surface area contributed by atoms with Gasteiger partial charge in [-0.1, -0.05) is 0 Å². The largest absolute Gasteiger partial charge is 0.469 e. The van der Waals surface area contributed by atoms with Gasteiger partial charge >= 0.3 is 0 Å². The molecular weight excluding hydrogens is 202 g/mol. The van der Waals surface area contributed by atoms with E-state index in [2.05, 4.69) is 11.4 Å². The first-order valence-electron chi connectivity index (χ1n) is 6.32. The van der Waals surface area contributed by atoms with Crippen LogP contribution in [0.5, 0.6) is 0 Å². The molecule has 0 aromatic carbocycles. The summed E-state index contributed by atoms with van der Waals surface area (Å²) in [4.78, 5) is 0. The van der Waals surface area contributed by atoms with E-state index in [1.165, 1.54) is 24.2 Å². The Kier molecular flexibility index (Phi) is 4.43. The van der Waals surface area contributed by atoms with E-state index in [1.54, 1.807) is 6.26 Å². The van der Waals surface area contributed by atoms with E-state index in [9.17, 15) is 0 Å². The van der Waals surface area contributed by atoms with Crippen LogP contribution in [0.1, 0.15) is 49.5 Å². The molecule has 3 heteroatoms. The molecule has 2 N–H and O–H groups in total. The molecule has 1 aliphatic rings. The predicted molar refractivity (Wildman–Crippen MR) is 63.3 cm³/mol. The number of aliphatic hydroxyl groups is 1. The van der Waals surface area contributed by atoms with Gasteiger partial charge in [0.2, 0.25) is 0 Å². The molecule has 0 bridgehead atoms. The van der Waals surface area contributed by atoms with Gasteiger partial charge in [-0.25, -0.2) is 0 Å². The second-order valence-corrected chi connectivity index (χ2v) is 4.48. The zero-order chi connectivity index (χ0) is 11.2. The number of hydrogen-bond donors (Lipinski definition) is 2. The van der Waals surface area contributed by atoms with Gasteiger partial charge in [0.15, 0.2) is 0 Å². The van der Waals surface area contributed by atoms with Gasteiger partial charge in [-0.05, 0) is 44.7 Å². The van der Waals surface area contributed by atoms with Crippen LogP contribution in [0.15, 0.2) is 16.7 Å². The van der Waals surface area contributed by atoms with Crippen LogP contribution in [0, 0.1) is 0 Å². The van der Waals surface area contributed by atoms with Crippen LogP contribution in [0.25, 0.3) is 0 Å². The Bertz CT molecular complexity index is 309. The molecule has 1 aliphatic carbocycles. The third-order valence-corrected chi connectivity index (χ3v) is 3.28. The van der Waals surface area contributed by atoms with E-state index in [0.717, 1.165) is 32.2 Å². The van der Waals surface area contributed by atoms with Crippen LogP contribution in [-0.2, 0) is 6.42 Å². The van der Waals surface area contributed by atoms with Crippen molar-refractivity contribution in [3.05, 3.63) is 23.7 Å². The maximum Gasteiger partial charge on any atom is 0.108 e. The third kappa shape index (κ3) is 2.86. The van der Waals surface area contributed by atoms with Gasteiger partial charge < -0.3 is 14.8 Å². The highest BCUT2D eigenvalue weighted by molar-refractivity contribution is 5.23. The van der Waals surface area contributed by atoms with E-state index in [1.807, 2.05) is 0 Å². The van der Waals surface area contributed by atoms with Crippen LogP contribution in [-0.4, -0.2) is 18.3 Å². The van der Waals surface area contributed by atoms with Crippen molar-refractivity contribution in [2.75, 3.05) is 13.2 Å². The summed E-state index contributed by atoms with van der Waals surface area (Å²) < 4.78 is 5.46. The first-order valence-corrected chi connectivity index (χ1v) is 6.32. The van der Waals surface area contributed by atoms with Crippen molar-refractivity contribution < 1.29 is 9.52 Å². The van der Waals surface area contributed by atoms with Gasteiger partial charge in [-0.2, -0.15) is 0 Å². The quantitative estimate of drug-likeness (QED) is 0.728. The van der Waals surface area contributed by atoms with Gasteiger partial charge in [0.25, 0.3) is 0 Å². The minimum Gasteiger partial charge on any atom is -0.469 e. The SMILES string of the molecule is OCCCCCNC1CCCc2occc21. The smallest absolute Gasteiger partial charge is 0.108 e. The van der Waals surface area contributed by atoms with Gasteiger partial charge in [0.05, 0.1) is 6.26 Å².